The van der Waals surface area contributed by atoms with E-state index in [1.54, 1.807) is 31.4 Å². The van der Waals surface area contributed by atoms with Crippen LogP contribution in [0.25, 0.3) is 0 Å². The molecular weight excluding hydrogens is 358 g/mol. The topological polar surface area (TPSA) is 134 Å². The van der Waals surface area contributed by atoms with Crippen molar-refractivity contribution in [2.24, 2.45) is 0 Å². The van der Waals surface area contributed by atoms with Crippen LogP contribution in [-0.2, 0) is 0 Å². The van der Waals surface area contributed by atoms with E-state index in [0.717, 1.165) is 18.2 Å². The minimum atomic E-state index is -0.785. The number of carbonyl (C=O) groups excluding carboxylic acids is 1. The van der Waals surface area contributed by atoms with E-state index in [4.69, 9.17) is 9.47 Å². The van der Waals surface area contributed by atoms with E-state index < -0.39 is 27.1 Å². The van der Waals surface area contributed by atoms with Crippen LogP contribution in [0.3, 0.4) is 0 Å². The zero-order valence-electron chi connectivity index (χ0n) is 14.4. The summed E-state index contributed by atoms with van der Waals surface area (Å²) in [6.45, 7) is 0.577. The van der Waals surface area contributed by atoms with Crippen LogP contribution >= 0.6 is 0 Å². The number of amides is 1. The minimum Gasteiger partial charge on any atom is -0.497 e. The molecule has 0 saturated carbocycles. The molecule has 27 heavy (non-hydrogen) atoms. The second kappa shape index (κ2) is 9.13. The molecule has 0 bridgehead atoms. The lowest BCUT2D eigenvalue weighted by Gasteiger charge is -2.08. The summed E-state index contributed by atoms with van der Waals surface area (Å²) in [5.74, 6) is 0.725. The highest BCUT2D eigenvalue weighted by molar-refractivity contribution is 5.95. The highest BCUT2D eigenvalue weighted by atomic mass is 16.6. The molecule has 1 amide bonds. The van der Waals surface area contributed by atoms with Crippen LogP contribution in [0, 0.1) is 20.2 Å². The van der Waals surface area contributed by atoms with Crippen LogP contribution in [0.2, 0.25) is 0 Å². The molecule has 0 radical (unpaired) electrons. The summed E-state index contributed by atoms with van der Waals surface area (Å²) < 4.78 is 10.5. The average molecular weight is 375 g/mol. The Labute approximate surface area is 154 Å². The molecule has 0 heterocycles. The Morgan fingerprint density at radius 1 is 1.00 bits per heavy atom. The second-order valence-corrected chi connectivity index (χ2v) is 5.39. The van der Waals surface area contributed by atoms with E-state index in [9.17, 15) is 25.0 Å². The van der Waals surface area contributed by atoms with Gasteiger partial charge in [0.25, 0.3) is 17.3 Å². The van der Waals surface area contributed by atoms with Gasteiger partial charge in [0, 0.05) is 18.7 Å². The maximum atomic E-state index is 12.1. The quantitative estimate of drug-likeness (QED) is 0.404. The Balaban J connectivity index is 1.86. The Morgan fingerprint density at radius 3 is 2.07 bits per heavy atom. The first-order chi connectivity index (χ1) is 12.9. The van der Waals surface area contributed by atoms with Crippen LogP contribution in [0.15, 0.2) is 42.5 Å². The van der Waals surface area contributed by atoms with Crippen molar-refractivity contribution in [1.82, 2.24) is 5.32 Å². The number of nitro benzene ring substituents is 2. The third kappa shape index (κ3) is 5.66. The fourth-order valence-electron chi connectivity index (χ4n) is 2.18. The number of non-ortho nitro benzene ring substituents is 2. The predicted octanol–water partition coefficient (Wildman–Crippen LogP) is 2.71. The van der Waals surface area contributed by atoms with Crippen LogP contribution in [0.5, 0.6) is 11.5 Å². The molecule has 0 aliphatic rings. The standard InChI is InChI=1S/C17H17N3O7/c1-26-15-3-5-16(6-4-15)27-8-2-7-18-17(21)12-9-13(19(22)23)11-14(10-12)20(24)25/h3-6,9-11H,2,7-8H2,1H3,(H,18,21). The summed E-state index contributed by atoms with van der Waals surface area (Å²) in [6, 6.07) is 9.81. The second-order valence-electron chi connectivity index (χ2n) is 5.39. The molecular formula is C17H17N3O7. The van der Waals surface area contributed by atoms with E-state index in [1.165, 1.54) is 0 Å². The molecule has 1 N–H and O–H groups in total. The van der Waals surface area contributed by atoms with Gasteiger partial charge in [-0.1, -0.05) is 0 Å². The third-order valence-corrected chi connectivity index (χ3v) is 3.52. The van der Waals surface area contributed by atoms with Gasteiger partial charge in [-0.15, -0.1) is 0 Å². The molecule has 0 spiro atoms. The van der Waals surface area contributed by atoms with Crippen LogP contribution in [-0.4, -0.2) is 36.0 Å². The number of methoxy groups -OCH3 is 1. The summed E-state index contributed by atoms with van der Waals surface area (Å²) in [7, 11) is 1.56. The molecule has 0 atom stereocenters. The third-order valence-electron chi connectivity index (χ3n) is 3.52. The summed E-state index contributed by atoms with van der Waals surface area (Å²) >= 11 is 0. The molecule has 0 aliphatic heterocycles. The van der Waals surface area contributed by atoms with Gasteiger partial charge in [0.15, 0.2) is 0 Å². The summed E-state index contributed by atoms with van der Waals surface area (Å²) in [5, 5.41) is 24.3. The first kappa shape index (κ1) is 19.6. The predicted molar refractivity (Wildman–Crippen MR) is 95.2 cm³/mol. The number of carbonyl (C=O) groups is 1. The largest absolute Gasteiger partial charge is 0.497 e. The first-order valence-electron chi connectivity index (χ1n) is 7.89. The van der Waals surface area contributed by atoms with Crippen LogP contribution in [0.1, 0.15) is 16.8 Å². The zero-order valence-corrected chi connectivity index (χ0v) is 14.4. The van der Waals surface area contributed by atoms with Crippen molar-refractivity contribution in [3.63, 3.8) is 0 Å². The maximum Gasteiger partial charge on any atom is 0.277 e. The number of benzene rings is 2. The van der Waals surface area contributed by atoms with Crippen molar-refractivity contribution < 1.29 is 24.1 Å². The van der Waals surface area contributed by atoms with Crippen molar-refractivity contribution in [3.05, 3.63) is 68.3 Å². The van der Waals surface area contributed by atoms with Crippen LogP contribution < -0.4 is 14.8 Å². The van der Waals surface area contributed by atoms with Gasteiger partial charge in [0.05, 0.1) is 35.2 Å². The molecule has 0 fully saturated rings. The van der Waals surface area contributed by atoms with Crippen molar-refractivity contribution in [1.29, 1.82) is 0 Å². The molecule has 0 aliphatic carbocycles. The van der Waals surface area contributed by atoms with Gasteiger partial charge < -0.3 is 14.8 Å². The monoisotopic (exact) mass is 375 g/mol. The lowest BCUT2D eigenvalue weighted by Crippen LogP contribution is -2.25. The Hall–Kier alpha value is -3.69. The van der Waals surface area contributed by atoms with Gasteiger partial charge in [-0.25, -0.2) is 0 Å². The molecule has 10 heteroatoms. The average Bonchev–Trinajstić information content (AvgIpc) is 2.67. The van der Waals surface area contributed by atoms with Crippen LogP contribution in [0.4, 0.5) is 11.4 Å². The highest BCUT2D eigenvalue weighted by Crippen LogP contribution is 2.22. The molecule has 142 valence electrons. The number of hydrogen-bond acceptors (Lipinski definition) is 7. The molecule has 2 aromatic rings. The van der Waals surface area contributed by atoms with E-state index >= 15 is 0 Å². The molecule has 2 rings (SSSR count). The zero-order chi connectivity index (χ0) is 19.8. The van der Waals surface area contributed by atoms with E-state index in [0.29, 0.717) is 24.5 Å². The molecule has 0 saturated heterocycles. The lowest BCUT2D eigenvalue weighted by molar-refractivity contribution is -0.394. The van der Waals surface area contributed by atoms with Gasteiger partial charge in [-0.2, -0.15) is 0 Å². The molecule has 10 nitrogen and oxygen atoms in total. The van der Waals surface area contributed by atoms with Crippen molar-refractivity contribution >= 4 is 17.3 Å². The van der Waals surface area contributed by atoms with E-state index in [-0.39, 0.29) is 12.1 Å². The van der Waals surface area contributed by atoms with Crippen molar-refractivity contribution in [3.8, 4) is 11.5 Å². The van der Waals surface area contributed by atoms with Crippen molar-refractivity contribution in [2.45, 2.75) is 6.42 Å². The maximum absolute atomic E-state index is 12.1. The summed E-state index contributed by atoms with van der Waals surface area (Å²) in [6.07, 6.45) is 0.481. The molecule has 0 aromatic heterocycles. The van der Waals surface area contributed by atoms with Gasteiger partial charge in [0.2, 0.25) is 0 Å². The summed E-state index contributed by atoms with van der Waals surface area (Å²) in [4.78, 5) is 32.2. The van der Waals surface area contributed by atoms with Gasteiger partial charge in [0.1, 0.15) is 11.5 Å². The molecule has 0 unspecified atom stereocenters. The normalized spacial score (nSPS) is 10.1. The molecule has 2 aromatic carbocycles. The SMILES string of the molecule is COc1ccc(OCCCNC(=O)c2cc([N+](=O)[O-])cc([N+](=O)[O-])c2)cc1. The number of ether oxygens (including phenoxy) is 2. The van der Waals surface area contributed by atoms with E-state index in [1.807, 2.05) is 0 Å². The minimum absolute atomic E-state index is 0.146. The van der Waals surface area contributed by atoms with E-state index in [2.05, 4.69) is 5.32 Å². The van der Waals surface area contributed by atoms with Gasteiger partial charge >= 0.3 is 0 Å². The summed E-state index contributed by atoms with van der Waals surface area (Å²) in [5.41, 5.74) is -1.18. The highest BCUT2D eigenvalue weighted by Gasteiger charge is 2.19. The Morgan fingerprint density at radius 2 is 1.56 bits per heavy atom. The number of hydrogen-bond donors (Lipinski definition) is 1. The lowest BCUT2D eigenvalue weighted by atomic mass is 10.1. The van der Waals surface area contributed by atoms with Gasteiger partial charge in [-0.05, 0) is 30.7 Å². The van der Waals surface area contributed by atoms with Gasteiger partial charge in [-0.3, -0.25) is 25.0 Å². The first-order valence-corrected chi connectivity index (χ1v) is 7.89. The fraction of sp³-hybridized carbons (Fsp3) is 0.235. The fourth-order valence-corrected chi connectivity index (χ4v) is 2.18. The number of rotatable bonds is 9. The Bertz CT molecular complexity index is 805. The number of nitrogens with one attached hydrogen (secondary N) is 1. The van der Waals surface area contributed by atoms with Crippen molar-refractivity contribution in [2.75, 3.05) is 20.3 Å². The number of nitro groups is 2. The number of nitrogens with zero attached hydrogens (tertiary/aromatic N) is 2. The smallest absolute Gasteiger partial charge is 0.277 e. The Kier molecular flexibility index (Phi) is 6.64.